The van der Waals surface area contributed by atoms with Gasteiger partial charge < -0.3 is 10.1 Å². The van der Waals surface area contributed by atoms with Crippen molar-refractivity contribution >= 4 is 29.1 Å². The van der Waals surface area contributed by atoms with Gasteiger partial charge in [0.2, 0.25) is 11.2 Å². The number of likely N-dealkylation sites (N-methyl/N-ethyl adjacent to an activating group) is 1. The number of carbonyl (C=O) groups excluding carboxylic acids is 1. The molecular weight excluding hydrogens is 301 g/mol. The maximum Gasteiger partial charge on any atom is 0.254 e. The Kier molecular flexibility index (Phi) is 6.21. The normalized spacial score (nSPS) is 12.0. The molecule has 0 saturated heterocycles. The standard InChI is InChI=1S/C13H13Cl2N3O2/c1-4-6-10(8(5-2)11(19)16-3)20-12-9(14)7-17-13(15)18-12/h4-7H,2H2,1,3H3,(H,16,19)/b6-4-,10-8-. The number of hydrogen-bond donors (Lipinski definition) is 1. The summed E-state index contributed by atoms with van der Waals surface area (Å²) in [5.74, 6) is -0.0362. The number of halogens is 2. The lowest BCUT2D eigenvalue weighted by atomic mass is 10.2. The average molecular weight is 314 g/mol. The molecule has 0 bridgehead atoms. The van der Waals surface area contributed by atoms with Crippen LogP contribution in [0.25, 0.3) is 0 Å². The first-order valence-corrected chi connectivity index (χ1v) is 6.36. The van der Waals surface area contributed by atoms with E-state index in [1.807, 2.05) is 0 Å². The number of ether oxygens (including phenoxy) is 1. The average Bonchev–Trinajstić information content (AvgIpc) is 2.43. The first-order valence-electron chi connectivity index (χ1n) is 5.60. The van der Waals surface area contributed by atoms with Gasteiger partial charge in [0.05, 0.1) is 11.8 Å². The minimum absolute atomic E-state index is 0.00989. The Labute approximate surface area is 127 Å². The highest BCUT2D eigenvalue weighted by Crippen LogP contribution is 2.25. The van der Waals surface area contributed by atoms with Crippen molar-refractivity contribution in [1.82, 2.24) is 15.3 Å². The zero-order valence-electron chi connectivity index (χ0n) is 11.0. The second-order valence-electron chi connectivity index (χ2n) is 3.46. The molecular formula is C13H13Cl2N3O2. The van der Waals surface area contributed by atoms with Gasteiger partial charge in [0.25, 0.3) is 5.91 Å². The Balaban J connectivity index is 3.28. The molecule has 1 rings (SSSR count). The Morgan fingerprint density at radius 1 is 1.50 bits per heavy atom. The number of rotatable bonds is 5. The van der Waals surface area contributed by atoms with E-state index in [0.717, 1.165) is 0 Å². The monoisotopic (exact) mass is 313 g/mol. The van der Waals surface area contributed by atoms with Gasteiger partial charge in [-0.2, -0.15) is 4.98 Å². The molecule has 1 aromatic heterocycles. The smallest absolute Gasteiger partial charge is 0.254 e. The molecule has 0 fully saturated rings. The second kappa shape index (κ2) is 7.67. The molecule has 0 atom stereocenters. The highest BCUT2D eigenvalue weighted by molar-refractivity contribution is 6.32. The van der Waals surface area contributed by atoms with E-state index in [1.165, 1.54) is 19.3 Å². The molecule has 0 saturated carbocycles. The molecule has 0 aromatic carbocycles. The van der Waals surface area contributed by atoms with E-state index in [0.29, 0.717) is 0 Å². The quantitative estimate of drug-likeness (QED) is 0.393. The number of hydrogen-bond acceptors (Lipinski definition) is 4. The summed E-state index contributed by atoms with van der Waals surface area (Å²) in [4.78, 5) is 19.3. The van der Waals surface area contributed by atoms with Crippen molar-refractivity contribution in [3.63, 3.8) is 0 Å². The van der Waals surface area contributed by atoms with Crippen LogP contribution in [-0.2, 0) is 4.79 Å². The molecule has 0 aliphatic rings. The molecule has 0 aliphatic heterocycles. The van der Waals surface area contributed by atoms with E-state index < -0.39 is 0 Å². The lowest BCUT2D eigenvalue weighted by molar-refractivity contribution is -0.116. The summed E-state index contributed by atoms with van der Waals surface area (Å²) in [5, 5.41) is 2.66. The number of carbonyl (C=O) groups is 1. The van der Waals surface area contributed by atoms with Crippen LogP contribution in [0.4, 0.5) is 0 Å². The van der Waals surface area contributed by atoms with Gasteiger partial charge in [-0.05, 0) is 24.6 Å². The fourth-order valence-electron chi connectivity index (χ4n) is 1.28. The number of nitrogens with zero attached hydrogens (tertiary/aromatic N) is 2. The van der Waals surface area contributed by atoms with Crippen LogP contribution in [0.1, 0.15) is 6.92 Å². The summed E-state index contributed by atoms with van der Waals surface area (Å²) in [6, 6.07) is 0. The zero-order chi connectivity index (χ0) is 15.1. The fourth-order valence-corrected chi connectivity index (χ4v) is 1.53. The molecule has 1 heterocycles. The fraction of sp³-hybridized carbons (Fsp3) is 0.154. The number of amides is 1. The predicted octanol–water partition coefficient (Wildman–Crippen LogP) is 2.92. The SMILES string of the molecule is C=C/C(C(=O)NC)=C(\C=C/C)Oc1nc(Cl)ncc1Cl. The van der Waals surface area contributed by atoms with E-state index in [2.05, 4.69) is 21.9 Å². The lowest BCUT2D eigenvalue weighted by Gasteiger charge is -2.10. The van der Waals surface area contributed by atoms with E-state index in [9.17, 15) is 4.79 Å². The second-order valence-corrected chi connectivity index (χ2v) is 4.20. The maximum atomic E-state index is 11.8. The van der Waals surface area contributed by atoms with Crippen LogP contribution in [-0.4, -0.2) is 22.9 Å². The summed E-state index contributed by atoms with van der Waals surface area (Å²) in [6.45, 7) is 5.37. The summed E-state index contributed by atoms with van der Waals surface area (Å²) in [7, 11) is 1.51. The molecule has 0 radical (unpaired) electrons. The topological polar surface area (TPSA) is 64.1 Å². The van der Waals surface area contributed by atoms with Crippen molar-refractivity contribution in [3.8, 4) is 5.88 Å². The van der Waals surface area contributed by atoms with Gasteiger partial charge in [-0.25, -0.2) is 4.98 Å². The number of aromatic nitrogens is 2. The predicted molar refractivity (Wildman–Crippen MR) is 78.8 cm³/mol. The Morgan fingerprint density at radius 2 is 2.20 bits per heavy atom. The molecule has 0 unspecified atom stereocenters. The van der Waals surface area contributed by atoms with Crippen molar-refractivity contribution in [2.24, 2.45) is 0 Å². The Morgan fingerprint density at radius 3 is 2.75 bits per heavy atom. The summed E-state index contributed by atoms with van der Waals surface area (Å²) in [6.07, 6.45) is 5.99. The van der Waals surface area contributed by atoms with E-state index in [4.69, 9.17) is 27.9 Å². The van der Waals surface area contributed by atoms with Gasteiger partial charge in [-0.1, -0.05) is 30.3 Å². The molecule has 0 spiro atoms. The van der Waals surface area contributed by atoms with Crippen LogP contribution < -0.4 is 10.1 Å². The van der Waals surface area contributed by atoms with Crippen LogP contribution in [0.3, 0.4) is 0 Å². The van der Waals surface area contributed by atoms with Crippen LogP contribution in [0.15, 0.2) is 42.3 Å². The van der Waals surface area contributed by atoms with E-state index in [-0.39, 0.29) is 33.4 Å². The zero-order valence-corrected chi connectivity index (χ0v) is 12.5. The van der Waals surface area contributed by atoms with Gasteiger partial charge in [-0.15, -0.1) is 0 Å². The van der Waals surface area contributed by atoms with Gasteiger partial charge in [0.15, 0.2) is 0 Å². The van der Waals surface area contributed by atoms with Crippen molar-refractivity contribution < 1.29 is 9.53 Å². The van der Waals surface area contributed by atoms with Crippen molar-refractivity contribution in [2.75, 3.05) is 7.05 Å². The molecule has 1 amide bonds. The molecule has 1 aromatic rings. The van der Waals surface area contributed by atoms with Crippen molar-refractivity contribution in [2.45, 2.75) is 6.92 Å². The lowest BCUT2D eigenvalue weighted by Crippen LogP contribution is -2.21. The molecule has 7 heteroatoms. The third kappa shape index (κ3) is 4.08. The molecule has 1 N–H and O–H groups in total. The van der Waals surface area contributed by atoms with Crippen LogP contribution in [0.2, 0.25) is 10.3 Å². The Hall–Kier alpha value is -1.85. The molecule has 0 aliphatic carbocycles. The third-order valence-corrected chi connectivity index (χ3v) is 2.59. The molecule has 5 nitrogen and oxygen atoms in total. The van der Waals surface area contributed by atoms with Crippen molar-refractivity contribution in [1.29, 1.82) is 0 Å². The first kappa shape index (κ1) is 16.2. The van der Waals surface area contributed by atoms with Gasteiger partial charge in [0.1, 0.15) is 10.8 Å². The van der Waals surface area contributed by atoms with Gasteiger partial charge in [-0.3, -0.25) is 4.79 Å². The highest BCUT2D eigenvalue weighted by atomic mass is 35.5. The largest absolute Gasteiger partial charge is 0.437 e. The van der Waals surface area contributed by atoms with Gasteiger partial charge >= 0.3 is 0 Å². The van der Waals surface area contributed by atoms with Crippen LogP contribution in [0, 0.1) is 0 Å². The summed E-state index contributed by atoms with van der Waals surface area (Å²) >= 11 is 11.6. The van der Waals surface area contributed by atoms with Crippen LogP contribution >= 0.6 is 23.2 Å². The summed E-state index contributed by atoms with van der Waals surface area (Å²) < 4.78 is 5.54. The molecule has 20 heavy (non-hydrogen) atoms. The van der Waals surface area contributed by atoms with Crippen LogP contribution in [0.5, 0.6) is 5.88 Å². The van der Waals surface area contributed by atoms with E-state index >= 15 is 0 Å². The minimum Gasteiger partial charge on any atom is -0.437 e. The Bertz CT molecular complexity index is 583. The minimum atomic E-state index is -0.343. The first-order chi connectivity index (χ1) is 9.53. The molecule has 106 valence electrons. The van der Waals surface area contributed by atoms with E-state index in [1.54, 1.807) is 19.1 Å². The maximum absolute atomic E-state index is 11.8. The number of allylic oxidation sites excluding steroid dienone is 2. The highest BCUT2D eigenvalue weighted by Gasteiger charge is 2.14. The number of nitrogens with one attached hydrogen (secondary N) is 1. The third-order valence-electron chi connectivity index (χ3n) is 2.15. The van der Waals surface area contributed by atoms with Crippen molar-refractivity contribution in [3.05, 3.63) is 52.6 Å². The van der Waals surface area contributed by atoms with Gasteiger partial charge in [0, 0.05) is 7.05 Å². The summed E-state index contributed by atoms with van der Waals surface area (Å²) in [5.41, 5.74) is 0.247.